The van der Waals surface area contributed by atoms with Crippen molar-refractivity contribution in [2.24, 2.45) is 0 Å². The van der Waals surface area contributed by atoms with Crippen molar-refractivity contribution in [3.8, 4) is 5.75 Å². The number of furan rings is 1. The quantitative estimate of drug-likeness (QED) is 0.415. The highest BCUT2D eigenvalue weighted by Gasteiger charge is 2.31. The fraction of sp³-hybridized carbons (Fsp3) is 0.280. The van der Waals surface area contributed by atoms with E-state index in [-0.39, 0.29) is 12.5 Å². The van der Waals surface area contributed by atoms with Gasteiger partial charge in [0.2, 0.25) is 0 Å². The third kappa shape index (κ3) is 4.50. The monoisotopic (exact) mass is 469 g/mol. The van der Waals surface area contributed by atoms with Crippen LogP contribution in [-0.2, 0) is 11.0 Å². The average Bonchev–Trinajstić information content (AvgIpc) is 3.02. The van der Waals surface area contributed by atoms with Crippen LogP contribution in [0.15, 0.2) is 65.2 Å². The number of nitrogens with zero attached hydrogens (tertiary/aromatic N) is 3. The van der Waals surface area contributed by atoms with E-state index in [2.05, 4.69) is 4.98 Å². The Morgan fingerprint density at radius 3 is 2.59 bits per heavy atom. The minimum absolute atomic E-state index is 0.0974. The molecule has 0 spiro atoms. The van der Waals surface area contributed by atoms with E-state index in [0.717, 1.165) is 34.2 Å². The van der Waals surface area contributed by atoms with Gasteiger partial charge in [0.15, 0.2) is 6.61 Å². The first-order valence-corrected chi connectivity index (χ1v) is 11.0. The van der Waals surface area contributed by atoms with Crippen molar-refractivity contribution < 1.29 is 27.1 Å². The summed E-state index contributed by atoms with van der Waals surface area (Å²) >= 11 is 0. The van der Waals surface area contributed by atoms with Crippen molar-refractivity contribution in [1.82, 2.24) is 9.88 Å². The highest BCUT2D eigenvalue weighted by molar-refractivity contribution is 6.05. The first-order chi connectivity index (χ1) is 16.4. The zero-order valence-corrected chi connectivity index (χ0v) is 18.2. The molecule has 4 aromatic rings. The molecule has 2 aromatic carbocycles. The molecular weight excluding hydrogens is 447 g/mol. The molecule has 0 atom stereocenters. The summed E-state index contributed by atoms with van der Waals surface area (Å²) in [5.41, 5.74) is 0.772. The summed E-state index contributed by atoms with van der Waals surface area (Å²) in [5.74, 6) is 0.913. The fourth-order valence-electron chi connectivity index (χ4n) is 4.17. The second-order valence-electron chi connectivity index (χ2n) is 8.17. The van der Waals surface area contributed by atoms with Crippen molar-refractivity contribution in [2.45, 2.75) is 12.6 Å². The summed E-state index contributed by atoms with van der Waals surface area (Å²) in [6.07, 6.45) is -2.89. The Morgan fingerprint density at radius 2 is 1.79 bits per heavy atom. The summed E-state index contributed by atoms with van der Waals surface area (Å²) in [6, 6.07) is 15.6. The van der Waals surface area contributed by atoms with E-state index in [1.54, 1.807) is 11.0 Å². The maximum atomic E-state index is 12.8. The molecule has 0 bridgehead atoms. The largest absolute Gasteiger partial charge is 0.484 e. The lowest BCUT2D eigenvalue weighted by Gasteiger charge is -2.23. The van der Waals surface area contributed by atoms with Gasteiger partial charge in [0.1, 0.15) is 22.7 Å². The van der Waals surface area contributed by atoms with E-state index in [1.807, 2.05) is 41.3 Å². The standard InChI is InChI=1S/C25H22F3N3O3/c26-25(27,28)17-6-9-23(29-15-17)30-10-3-11-31(13-12-30)24(32)16-33-18-7-8-22-20(14-18)19-4-1-2-5-21(19)34-22/h1-2,4-9,14-15H,3,10-13,16H2. The van der Waals surface area contributed by atoms with E-state index in [0.29, 0.717) is 44.2 Å². The molecule has 9 heteroatoms. The van der Waals surface area contributed by atoms with Crippen LogP contribution >= 0.6 is 0 Å². The third-order valence-corrected chi connectivity index (χ3v) is 5.96. The highest BCUT2D eigenvalue weighted by atomic mass is 19.4. The second kappa shape index (κ2) is 8.89. The van der Waals surface area contributed by atoms with Gasteiger partial charge in [0.25, 0.3) is 5.91 Å². The van der Waals surface area contributed by atoms with Crippen LogP contribution in [0.5, 0.6) is 5.75 Å². The molecule has 6 nitrogen and oxygen atoms in total. The first kappa shape index (κ1) is 22.1. The van der Waals surface area contributed by atoms with Crippen molar-refractivity contribution in [3.05, 3.63) is 66.4 Å². The molecule has 1 aliphatic heterocycles. The zero-order chi connectivity index (χ0) is 23.7. The number of aromatic nitrogens is 1. The van der Waals surface area contributed by atoms with Gasteiger partial charge < -0.3 is 19.0 Å². The number of anilines is 1. The van der Waals surface area contributed by atoms with Crippen LogP contribution < -0.4 is 9.64 Å². The van der Waals surface area contributed by atoms with Crippen LogP contribution in [-0.4, -0.2) is 48.6 Å². The Hall–Kier alpha value is -3.75. The minimum atomic E-state index is -4.41. The number of alkyl halides is 3. The molecule has 3 heterocycles. The van der Waals surface area contributed by atoms with Gasteiger partial charge in [-0.3, -0.25) is 4.79 Å². The number of pyridine rings is 1. The lowest BCUT2D eigenvalue weighted by Crippen LogP contribution is -2.38. The Morgan fingerprint density at radius 1 is 0.971 bits per heavy atom. The third-order valence-electron chi connectivity index (χ3n) is 5.96. The summed E-state index contributed by atoms with van der Waals surface area (Å²) in [4.78, 5) is 20.4. The number of carbonyl (C=O) groups excluding carboxylic acids is 1. The topological polar surface area (TPSA) is 58.8 Å². The summed E-state index contributed by atoms with van der Waals surface area (Å²) < 4.78 is 49.9. The van der Waals surface area contributed by atoms with Gasteiger partial charge >= 0.3 is 6.18 Å². The Bertz CT molecular complexity index is 1320. The predicted octanol–water partition coefficient (Wildman–Crippen LogP) is 5.12. The molecule has 2 aromatic heterocycles. The summed E-state index contributed by atoms with van der Waals surface area (Å²) in [6.45, 7) is 1.98. The predicted molar refractivity (Wildman–Crippen MR) is 122 cm³/mol. The van der Waals surface area contributed by atoms with Gasteiger partial charge in [-0.2, -0.15) is 13.2 Å². The number of amides is 1. The minimum Gasteiger partial charge on any atom is -0.484 e. The Labute approximate surface area is 193 Å². The molecule has 0 aliphatic carbocycles. The number of hydrogen-bond acceptors (Lipinski definition) is 5. The van der Waals surface area contributed by atoms with Gasteiger partial charge in [-0.15, -0.1) is 0 Å². The van der Waals surface area contributed by atoms with Crippen LogP contribution in [0, 0.1) is 0 Å². The van der Waals surface area contributed by atoms with E-state index in [9.17, 15) is 18.0 Å². The molecule has 1 aliphatic rings. The van der Waals surface area contributed by atoms with Crippen LogP contribution in [0.3, 0.4) is 0 Å². The average molecular weight is 469 g/mol. The van der Waals surface area contributed by atoms with Crippen molar-refractivity contribution in [2.75, 3.05) is 37.7 Å². The second-order valence-corrected chi connectivity index (χ2v) is 8.17. The number of hydrogen-bond donors (Lipinski definition) is 0. The van der Waals surface area contributed by atoms with Gasteiger partial charge in [0.05, 0.1) is 5.56 Å². The Kier molecular flexibility index (Phi) is 5.77. The number of fused-ring (bicyclic) bond motifs is 3. The number of rotatable bonds is 4. The van der Waals surface area contributed by atoms with Gasteiger partial charge in [-0.05, 0) is 42.8 Å². The van der Waals surface area contributed by atoms with E-state index in [1.165, 1.54) is 6.07 Å². The molecule has 34 heavy (non-hydrogen) atoms. The molecule has 176 valence electrons. The molecule has 1 amide bonds. The molecule has 5 rings (SSSR count). The molecule has 0 saturated carbocycles. The number of para-hydroxylation sites is 1. The molecule has 0 N–H and O–H groups in total. The fourth-order valence-corrected chi connectivity index (χ4v) is 4.17. The molecule has 0 unspecified atom stereocenters. The van der Waals surface area contributed by atoms with Crippen molar-refractivity contribution in [1.29, 1.82) is 0 Å². The van der Waals surface area contributed by atoms with Gasteiger partial charge in [-0.1, -0.05) is 18.2 Å². The lowest BCUT2D eigenvalue weighted by molar-refractivity contribution is -0.137. The van der Waals surface area contributed by atoms with E-state index < -0.39 is 11.7 Å². The lowest BCUT2D eigenvalue weighted by atomic mass is 10.1. The van der Waals surface area contributed by atoms with E-state index in [4.69, 9.17) is 9.15 Å². The SMILES string of the molecule is O=C(COc1ccc2oc3ccccc3c2c1)N1CCCN(c2ccc(C(F)(F)F)cn2)CC1. The van der Waals surface area contributed by atoms with Crippen LogP contribution in [0.4, 0.5) is 19.0 Å². The molecular formula is C25H22F3N3O3. The van der Waals surface area contributed by atoms with Crippen LogP contribution in [0.25, 0.3) is 21.9 Å². The highest BCUT2D eigenvalue weighted by Crippen LogP contribution is 2.31. The maximum Gasteiger partial charge on any atom is 0.417 e. The smallest absolute Gasteiger partial charge is 0.417 e. The summed E-state index contributed by atoms with van der Waals surface area (Å²) in [5, 5.41) is 1.91. The molecule has 1 fully saturated rings. The molecule has 1 saturated heterocycles. The maximum absolute atomic E-state index is 12.8. The zero-order valence-electron chi connectivity index (χ0n) is 18.2. The van der Waals surface area contributed by atoms with Crippen molar-refractivity contribution >= 4 is 33.7 Å². The first-order valence-electron chi connectivity index (χ1n) is 11.0. The number of benzene rings is 2. The van der Waals surface area contributed by atoms with Crippen LogP contribution in [0.1, 0.15) is 12.0 Å². The normalized spacial score (nSPS) is 15.0. The van der Waals surface area contributed by atoms with Gasteiger partial charge in [0, 0.05) is 43.1 Å². The number of halogens is 3. The van der Waals surface area contributed by atoms with E-state index >= 15 is 0 Å². The number of carbonyl (C=O) groups is 1. The Balaban J connectivity index is 1.20. The number of ether oxygens (including phenoxy) is 1. The van der Waals surface area contributed by atoms with Crippen LogP contribution in [0.2, 0.25) is 0 Å². The van der Waals surface area contributed by atoms with Gasteiger partial charge in [-0.25, -0.2) is 4.98 Å². The summed E-state index contributed by atoms with van der Waals surface area (Å²) in [7, 11) is 0. The molecule has 0 radical (unpaired) electrons. The van der Waals surface area contributed by atoms with Crippen molar-refractivity contribution in [3.63, 3.8) is 0 Å².